The first-order chi connectivity index (χ1) is 43.3. The molecule has 10 aromatic carbocycles. The Labute approximate surface area is 578 Å². The largest absolute Gasteiger partial charge is 1.00 e. The topological polar surface area (TPSA) is 221 Å². The van der Waals surface area contributed by atoms with Crippen LogP contribution in [0.15, 0.2) is 273 Å². The Morgan fingerprint density at radius 1 is 0.424 bits per heavy atom. The summed E-state index contributed by atoms with van der Waals surface area (Å²) in [5, 5.41) is 61.3. The van der Waals surface area contributed by atoms with Crippen molar-refractivity contribution in [2.24, 2.45) is 0 Å². The maximum atomic E-state index is 10.2. The van der Waals surface area contributed by atoms with Gasteiger partial charge in [0, 0.05) is 42.6 Å². The number of aromatic hydroxyl groups is 1. The van der Waals surface area contributed by atoms with Crippen LogP contribution in [0.3, 0.4) is 0 Å². The first-order valence-electron chi connectivity index (χ1n) is 27.8. The fourth-order valence-electron chi connectivity index (χ4n) is 6.80. The molecule has 17 heteroatoms. The van der Waals surface area contributed by atoms with Gasteiger partial charge in [0.15, 0.2) is 6.79 Å². The van der Waals surface area contributed by atoms with Crippen LogP contribution in [0.1, 0.15) is 85.2 Å². The minimum absolute atomic E-state index is 0. The van der Waals surface area contributed by atoms with Gasteiger partial charge in [-0.3, -0.25) is 9.59 Å². The predicted octanol–water partition coefficient (Wildman–Crippen LogP) is 12.5. The second-order valence-corrected chi connectivity index (χ2v) is 19.0. The summed E-state index contributed by atoms with van der Waals surface area (Å²) >= 11 is 10.5. The number of benzene rings is 10. The number of para-hydroxylation sites is 2. The van der Waals surface area contributed by atoms with E-state index in [1.807, 2.05) is 176 Å². The summed E-state index contributed by atoms with van der Waals surface area (Å²) in [7, 11) is 0. The number of ether oxygens (including phenoxy) is 3. The van der Waals surface area contributed by atoms with E-state index in [9.17, 15) is 14.4 Å². The SMILES string of the molecule is C.Cc1ccccc1.Cc1ccccc1.ClCc1ccccc1.O=C(Cl)Oc1ccccc1.O=Cc1ccc(O)c(CO)c1.O=Cc1cccc(CO)c1.OCc1cccc(CO)c1.OCc1cccc(COCOc2ccccc2)c1.OCc1ccccc1.[B].[H-].[Na+]. The summed E-state index contributed by atoms with van der Waals surface area (Å²) in [4.78, 5) is 30.6. The van der Waals surface area contributed by atoms with Crippen molar-refractivity contribution in [2.75, 3.05) is 6.79 Å². The Morgan fingerprint density at radius 2 is 0.772 bits per heavy atom. The van der Waals surface area contributed by atoms with Crippen LogP contribution < -0.4 is 39.0 Å². The van der Waals surface area contributed by atoms with Crippen LogP contribution in [0.4, 0.5) is 4.79 Å². The molecule has 10 aromatic rings. The van der Waals surface area contributed by atoms with Gasteiger partial charge in [0.2, 0.25) is 0 Å². The van der Waals surface area contributed by atoms with Gasteiger partial charge in [0.05, 0.1) is 46.2 Å². The third-order valence-electron chi connectivity index (χ3n) is 11.4. The molecular weight excluding hydrogens is 1210 g/mol. The Bertz CT molecular complexity index is 3290. The Hall–Kier alpha value is -8.03. The molecule has 0 fully saturated rings. The van der Waals surface area contributed by atoms with E-state index in [1.54, 1.807) is 54.6 Å². The minimum atomic E-state index is -0.814. The number of halogens is 2. The maximum Gasteiger partial charge on any atom is 1.00 e. The molecular formula is C75H83BCl2NaO13. The van der Waals surface area contributed by atoms with Crippen LogP contribution >= 0.6 is 23.2 Å². The van der Waals surface area contributed by atoms with Crippen molar-refractivity contribution in [1.82, 2.24) is 0 Å². The first-order valence-corrected chi connectivity index (χ1v) is 28.7. The molecule has 10 rings (SSSR count). The number of aldehydes is 2. The van der Waals surface area contributed by atoms with E-state index in [0.29, 0.717) is 41.2 Å². The molecule has 3 radical (unpaired) electrons. The van der Waals surface area contributed by atoms with Gasteiger partial charge in [-0.2, -0.15) is 0 Å². The molecule has 0 saturated carbocycles. The number of hydrogen-bond acceptors (Lipinski definition) is 13. The van der Waals surface area contributed by atoms with Crippen LogP contribution in [0, 0.1) is 13.8 Å². The number of phenols is 1. The average Bonchev–Trinajstić information content (AvgIpc) is 3.61. The van der Waals surface area contributed by atoms with Gasteiger partial charge in [0.1, 0.15) is 29.8 Å². The molecule has 0 heterocycles. The Balaban J connectivity index is -0.000000990. The Morgan fingerprint density at radius 3 is 1.13 bits per heavy atom. The van der Waals surface area contributed by atoms with Crippen LogP contribution in [-0.4, -0.2) is 69.0 Å². The third-order valence-corrected chi connectivity index (χ3v) is 11.8. The van der Waals surface area contributed by atoms with Crippen molar-refractivity contribution in [3.05, 3.63) is 340 Å². The van der Waals surface area contributed by atoms with Crippen molar-refractivity contribution >= 4 is 49.6 Å². The molecule has 92 heavy (non-hydrogen) atoms. The van der Waals surface area contributed by atoms with Gasteiger partial charge >= 0.3 is 35.0 Å². The van der Waals surface area contributed by atoms with E-state index in [1.165, 1.54) is 34.9 Å². The van der Waals surface area contributed by atoms with Crippen molar-refractivity contribution in [3.63, 3.8) is 0 Å². The summed E-state index contributed by atoms with van der Waals surface area (Å²) in [5.74, 6) is 1.88. The maximum absolute atomic E-state index is 10.2. The first kappa shape index (κ1) is 86.0. The zero-order valence-electron chi connectivity index (χ0n) is 52.4. The van der Waals surface area contributed by atoms with E-state index < -0.39 is 5.43 Å². The Kier molecular flexibility index (Phi) is 53.2. The molecule has 0 aliphatic heterocycles. The van der Waals surface area contributed by atoms with E-state index >= 15 is 0 Å². The fraction of sp³-hybridized carbons (Fsp3) is 0.160. The van der Waals surface area contributed by atoms with Crippen LogP contribution in [-0.2, 0) is 56.9 Å². The van der Waals surface area contributed by atoms with Gasteiger partial charge < -0.3 is 51.4 Å². The molecule has 0 atom stereocenters. The fourth-order valence-corrected chi connectivity index (χ4v) is 7.07. The monoisotopic (exact) mass is 1300 g/mol. The third kappa shape index (κ3) is 42.9. The summed E-state index contributed by atoms with van der Waals surface area (Å²) < 4.78 is 15.4. The summed E-state index contributed by atoms with van der Waals surface area (Å²) in [5.41, 5.74) is 9.76. The molecule has 13 nitrogen and oxygen atoms in total. The van der Waals surface area contributed by atoms with Gasteiger partial charge in [-0.25, -0.2) is 4.79 Å². The van der Waals surface area contributed by atoms with Crippen molar-refractivity contribution in [3.8, 4) is 17.2 Å². The normalized spacial score (nSPS) is 9.11. The number of alkyl halides is 1. The van der Waals surface area contributed by atoms with E-state index in [-0.39, 0.29) is 99.0 Å². The molecule has 479 valence electrons. The molecule has 7 N–H and O–H groups in total. The second kappa shape index (κ2) is 56.9. The average molecular weight is 1300 g/mol. The zero-order valence-corrected chi connectivity index (χ0v) is 54.9. The zero-order chi connectivity index (χ0) is 65.0. The number of carbonyl (C=O) groups excluding carboxylic acids is 3. The van der Waals surface area contributed by atoms with Gasteiger partial charge in [-0.1, -0.05) is 243 Å². The quantitative estimate of drug-likeness (QED) is 0.0127. The number of hydrogen-bond donors (Lipinski definition) is 7. The van der Waals surface area contributed by atoms with E-state index in [4.69, 9.17) is 68.4 Å². The van der Waals surface area contributed by atoms with E-state index in [0.717, 1.165) is 45.4 Å². The molecule has 0 saturated heterocycles. The summed E-state index contributed by atoms with van der Waals surface area (Å²) in [6.07, 6.45) is 1.43. The molecule has 0 aliphatic carbocycles. The van der Waals surface area contributed by atoms with Crippen LogP contribution in [0.2, 0.25) is 0 Å². The number of aryl methyl sites for hydroxylation is 2. The number of aliphatic hydroxyl groups excluding tert-OH is 6. The second-order valence-electron chi connectivity index (χ2n) is 18.4. The van der Waals surface area contributed by atoms with Crippen molar-refractivity contribution in [1.29, 1.82) is 0 Å². The van der Waals surface area contributed by atoms with Gasteiger partial charge in [-0.15, -0.1) is 11.6 Å². The van der Waals surface area contributed by atoms with Crippen molar-refractivity contribution < 1.29 is 95.3 Å². The van der Waals surface area contributed by atoms with Crippen LogP contribution in [0.25, 0.3) is 0 Å². The van der Waals surface area contributed by atoms with Gasteiger partial charge in [-0.05, 0) is 101 Å². The molecule has 0 spiro atoms. The molecule has 0 amide bonds. The van der Waals surface area contributed by atoms with E-state index in [2.05, 4.69) is 42.8 Å². The molecule has 0 unspecified atom stereocenters. The smallest absolute Gasteiger partial charge is 1.00 e. The van der Waals surface area contributed by atoms with Gasteiger partial charge in [0.25, 0.3) is 0 Å². The molecule has 0 bridgehead atoms. The van der Waals surface area contributed by atoms with Crippen LogP contribution in [0.5, 0.6) is 17.2 Å². The summed E-state index contributed by atoms with van der Waals surface area (Å²) in [6, 6.07) is 84.3. The number of rotatable bonds is 15. The predicted molar refractivity (Wildman–Crippen MR) is 367 cm³/mol. The summed E-state index contributed by atoms with van der Waals surface area (Å²) in [6.45, 7) is 4.85. The standard InChI is InChI=1S/C15H16O3.C8H8O3.C8H10O2.C8H8O2.C7H5ClO2.C7H7Cl.C7H8O.2C7H8.CH4.B.Na.H/c16-10-13-5-4-6-14(9-13)11-17-12-18-15-7-2-1-3-8-15;9-4-6-1-2-8(11)7(3-6)5-10;2*9-5-7-2-1-3-8(4-7)6-10;8-7(9)10-6-4-2-1-3-5-6;2*8-6-7-4-2-1-3-5-7;2*1-7-5-3-2-4-6-7;;;;/h1-9,16H,10-12H2;1-4,10-11H,5H2;1-4,9-10H,5-6H2;1-5,10H,6H2;1-5H;1-5H,6H2;1-5,8H,6H2;2*2-6H,1H3;1H4;;;/q;;;;;;;;;;;+1;-1. The minimum Gasteiger partial charge on any atom is -1.00 e. The number of carbonyl (C=O) groups is 3. The number of aliphatic hydroxyl groups is 6. The van der Waals surface area contributed by atoms with Crippen molar-refractivity contribution in [2.45, 2.75) is 73.4 Å². The molecule has 0 aromatic heterocycles. The molecule has 0 aliphatic rings.